The molecule has 3 aromatic rings. The van der Waals surface area contributed by atoms with Gasteiger partial charge in [-0.1, -0.05) is 18.2 Å². The molecule has 5 nitrogen and oxygen atoms in total. The van der Waals surface area contributed by atoms with Crippen LogP contribution >= 0.6 is 11.3 Å². The quantitative estimate of drug-likeness (QED) is 0.780. The number of hydrogen-bond acceptors (Lipinski definition) is 5. The number of aromatic nitrogens is 2. The van der Waals surface area contributed by atoms with Crippen molar-refractivity contribution in [2.75, 3.05) is 0 Å². The maximum absolute atomic E-state index is 12.1. The molecular weight excluding hydrogens is 318 g/mol. The van der Waals surface area contributed by atoms with E-state index in [9.17, 15) is 8.42 Å². The zero-order chi connectivity index (χ0) is 15.4. The van der Waals surface area contributed by atoms with Crippen LogP contribution in [0.25, 0.3) is 10.6 Å². The second-order valence-corrected chi connectivity index (χ2v) is 7.15. The minimum absolute atomic E-state index is 0.161. The van der Waals surface area contributed by atoms with Gasteiger partial charge >= 0.3 is 0 Å². The van der Waals surface area contributed by atoms with Crippen LogP contribution in [0.1, 0.15) is 5.69 Å². The van der Waals surface area contributed by atoms with Crippen LogP contribution in [0.3, 0.4) is 0 Å². The van der Waals surface area contributed by atoms with Crippen molar-refractivity contribution in [2.24, 2.45) is 0 Å². The van der Waals surface area contributed by atoms with E-state index >= 15 is 0 Å². The molecule has 0 aliphatic carbocycles. The Hall–Kier alpha value is -2.09. The van der Waals surface area contributed by atoms with E-state index in [2.05, 4.69) is 14.7 Å². The molecule has 0 spiro atoms. The topological polar surface area (TPSA) is 72.0 Å². The largest absolute Gasteiger partial charge is 0.264 e. The van der Waals surface area contributed by atoms with E-state index < -0.39 is 10.0 Å². The molecule has 2 heterocycles. The predicted octanol–water partition coefficient (Wildman–Crippen LogP) is 2.68. The number of nitrogens with one attached hydrogen (secondary N) is 1. The first-order valence-corrected chi connectivity index (χ1v) is 8.91. The molecule has 1 aromatic carbocycles. The van der Waals surface area contributed by atoms with E-state index in [0.29, 0.717) is 5.69 Å². The first kappa shape index (κ1) is 14.8. The van der Waals surface area contributed by atoms with E-state index in [1.54, 1.807) is 42.7 Å². The molecule has 3 rings (SSSR count). The second-order valence-electron chi connectivity index (χ2n) is 4.52. The van der Waals surface area contributed by atoms with E-state index in [4.69, 9.17) is 0 Å². The highest BCUT2D eigenvalue weighted by Crippen LogP contribution is 2.22. The van der Waals surface area contributed by atoms with Crippen LogP contribution in [0.15, 0.2) is 65.1 Å². The Morgan fingerprint density at radius 2 is 1.91 bits per heavy atom. The van der Waals surface area contributed by atoms with Crippen molar-refractivity contribution in [1.82, 2.24) is 14.7 Å². The zero-order valence-corrected chi connectivity index (χ0v) is 13.1. The fourth-order valence-corrected chi connectivity index (χ4v) is 3.69. The van der Waals surface area contributed by atoms with Crippen molar-refractivity contribution in [2.45, 2.75) is 11.4 Å². The molecule has 0 radical (unpaired) electrons. The maximum Gasteiger partial charge on any atom is 0.240 e. The highest BCUT2D eigenvalue weighted by atomic mass is 32.2. The molecule has 0 saturated carbocycles. The third kappa shape index (κ3) is 3.38. The summed E-state index contributed by atoms with van der Waals surface area (Å²) >= 11 is 1.46. The molecule has 0 atom stereocenters. The van der Waals surface area contributed by atoms with Gasteiger partial charge in [0, 0.05) is 23.3 Å². The van der Waals surface area contributed by atoms with Gasteiger partial charge < -0.3 is 0 Å². The van der Waals surface area contributed by atoms with Gasteiger partial charge in [0.05, 0.1) is 17.1 Å². The summed E-state index contributed by atoms with van der Waals surface area (Å²) in [7, 11) is -3.51. The number of rotatable bonds is 5. The van der Waals surface area contributed by atoms with Crippen LogP contribution in [0.5, 0.6) is 0 Å². The average Bonchev–Trinajstić information content (AvgIpc) is 3.04. The van der Waals surface area contributed by atoms with Gasteiger partial charge in [-0.05, 0) is 24.3 Å². The van der Waals surface area contributed by atoms with Gasteiger partial charge in [-0.3, -0.25) is 4.98 Å². The Balaban J connectivity index is 1.72. The summed E-state index contributed by atoms with van der Waals surface area (Å²) in [5.41, 5.74) is 1.60. The van der Waals surface area contributed by atoms with Gasteiger partial charge in [0.15, 0.2) is 0 Å². The van der Waals surface area contributed by atoms with Crippen molar-refractivity contribution in [3.63, 3.8) is 0 Å². The van der Waals surface area contributed by atoms with Crippen molar-refractivity contribution < 1.29 is 8.42 Å². The zero-order valence-electron chi connectivity index (χ0n) is 11.5. The first-order chi connectivity index (χ1) is 10.6. The molecular formula is C15H13N3O2S2. The third-order valence-corrected chi connectivity index (χ3v) is 5.31. The molecule has 1 N–H and O–H groups in total. The van der Waals surface area contributed by atoms with Crippen LogP contribution in [-0.2, 0) is 16.6 Å². The highest BCUT2D eigenvalue weighted by molar-refractivity contribution is 7.89. The molecule has 0 unspecified atom stereocenters. The smallest absolute Gasteiger partial charge is 0.240 e. The molecule has 0 fully saturated rings. The summed E-state index contributed by atoms with van der Waals surface area (Å²) in [6, 6.07) is 12.0. The fraction of sp³-hybridized carbons (Fsp3) is 0.0667. The van der Waals surface area contributed by atoms with E-state index in [0.717, 1.165) is 10.6 Å². The normalized spacial score (nSPS) is 11.5. The summed E-state index contributed by atoms with van der Waals surface area (Å²) < 4.78 is 26.8. The molecule has 7 heteroatoms. The first-order valence-electron chi connectivity index (χ1n) is 6.55. The van der Waals surface area contributed by atoms with Crippen LogP contribution < -0.4 is 4.72 Å². The number of pyridine rings is 1. The third-order valence-electron chi connectivity index (χ3n) is 2.96. The van der Waals surface area contributed by atoms with E-state index in [-0.39, 0.29) is 11.4 Å². The molecule has 22 heavy (non-hydrogen) atoms. The van der Waals surface area contributed by atoms with Gasteiger partial charge in [-0.2, -0.15) is 0 Å². The molecule has 0 aliphatic heterocycles. The van der Waals surface area contributed by atoms with Crippen LogP contribution in [0.4, 0.5) is 0 Å². The molecule has 0 amide bonds. The Morgan fingerprint density at radius 3 is 2.64 bits per heavy atom. The van der Waals surface area contributed by atoms with Crippen molar-refractivity contribution >= 4 is 21.4 Å². The molecule has 112 valence electrons. The van der Waals surface area contributed by atoms with Crippen molar-refractivity contribution in [1.29, 1.82) is 0 Å². The van der Waals surface area contributed by atoms with E-state index in [1.165, 1.54) is 11.3 Å². The fourth-order valence-electron chi connectivity index (χ4n) is 1.86. The Morgan fingerprint density at radius 1 is 1.09 bits per heavy atom. The predicted molar refractivity (Wildman–Crippen MR) is 85.8 cm³/mol. The molecule has 0 aliphatic rings. The van der Waals surface area contributed by atoms with Gasteiger partial charge in [0.25, 0.3) is 0 Å². The maximum atomic E-state index is 12.1. The highest BCUT2D eigenvalue weighted by Gasteiger charge is 2.14. The number of hydrogen-bond donors (Lipinski definition) is 1. The van der Waals surface area contributed by atoms with Gasteiger partial charge in [0.1, 0.15) is 5.01 Å². The van der Waals surface area contributed by atoms with Crippen molar-refractivity contribution in [3.8, 4) is 10.6 Å². The minimum Gasteiger partial charge on any atom is -0.264 e. The molecule has 2 aromatic heterocycles. The second kappa shape index (κ2) is 6.35. The summed E-state index contributed by atoms with van der Waals surface area (Å²) in [4.78, 5) is 8.73. The van der Waals surface area contributed by atoms with Gasteiger partial charge in [-0.25, -0.2) is 18.1 Å². The lowest BCUT2D eigenvalue weighted by atomic mass is 10.3. The van der Waals surface area contributed by atoms with Crippen LogP contribution in [0.2, 0.25) is 0 Å². The van der Waals surface area contributed by atoms with Crippen LogP contribution in [-0.4, -0.2) is 18.4 Å². The monoisotopic (exact) mass is 331 g/mol. The summed E-state index contributed by atoms with van der Waals surface area (Å²) in [6.45, 7) is 0.161. The van der Waals surface area contributed by atoms with E-state index in [1.807, 2.05) is 17.5 Å². The van der Waals surface area contributed by atoms with Crippen LogP contribution in [0, 0.1) is 0 Å². The minimum atomic E-state index is -3.51. The summed E-state index contributed by atoms with van der Waals surface area (Å²) in [5.74, 6) is 0. The van der Waals surface area contributed by atoms with Gasteiger partial charge in [0.2, 0.25) is 10.0 Å². The standard InChI is InChI=1S/C15H13N3O2S2/c19-22(20,14-6-2-1-3-7-14)17-10-13-11-21-15(18-13)12-5-4-8-16-9-12/h1-9,11,17H,10H2. The molecule has 0 bridgehead atoms. The summed E-state index contributed by atoms with van der Waals surface area (Å²) in [6.07, 6.45) is 3.43. The number of benzene rings is 1. The van der Waals surface area contributed by atoms with Gasteiger partial charge in [-0.15, -0.1) is 11.3 Å². The summed E-state index contributed by atoms with van der Waals surface area (Å²) in [5, 5.41) is 2.66. The van der Waals surface area contributed by atoms with Crippen molar-refractivity contribution in [3.05, 3.63) is 65.9 Å². The number of thiazole rings is 1. The average molecular weight is 331 g/mol. The Bertz CT molecular complexity index is 847. The number of nitrogens with zero attached hydrogens (tertiary/aromatic N) is 2. The number of sulfonamides is 1. The lowest BCUT2D eigenvalue weighted by molar-refractivity contribution is 0.580. The SMILES string of the molecule is O=S(=O)(NCc1csc(-c2cccnc2)n1)c1ccccc1. The lowest BCUT2D eigenvalue weighted by Crippen LogP contribution is -2.23. The lowest BCUT2D eigenvalue weighted by Gasteiger charge is -2.04. The Labute approximate surface area is 132 Å². The molecule has 0 saturated heterocycles. The Kier molecular flexibility index (Phi) is 4.28.